The van der Waals surface area contributed by atoms with Gasteiger partial charge < -0.3 is 10.4 Å². The van der Waals surface area contributed by atoms with Crippen LogP contribution in [-0.2, 0) is 19.2 Å². The number of hydrogen-bond acceptors (Lipinski definition) is 4. The Labute approximate surface area is 127 Å². The highest BCUT2D eigenvalue weighted by Crippen LogP contribution is 2.52. The van der Waals surface area contributed by atoms with Crippen LogP contribution in [0.5, 0.6) is 0 Å². The normalized spacial score (nSPS) is 34.7. The summed E-state index contributed by atoms with van der Waals surface area (Å²) in [7, 11) is 0. The van der Waals surface area contributed by atoms with E-state index in [-0.39, 0.29) is 35.5 Å². The fraction of sp³-hybridized carbons (Fsp3) is 0.600. The zero-order valence-electron chi connectivity index (χ0n) is 12.4. The number of carbonyl (C=O) groups is 4. The second-order valence-electron chi connectivity index (χ2n) is 6.29. The van der Waals surface area contributed by atoms with E-state index in [9.17, 15) is 19.2 Å². The van der Waals surface area contributed by atoms with E-state index < -0.39 is 24.0 Å². The molecule has 0 aromatic carbocycles. The molecule has 1 saturated carbocycles. The molecule has 2 fully saturated rings. The van der Waals surface area contributed by atoms with E-state index in [4.69, 9.17) is 5.11 Å². The van der Waals surface area contributed by atoms with Crippen LogP contribution in [0.2, 0.25) is 0 Å². The molecule has 0 aromatic rings. The number of nitrogens with one attached hydrogen (secondary N) is 1. The minimum absolute atomic E-state index is 0.0876. The molecule has 118 valence electrons. The summed E-state index contributed by atoms with van der Waals surface area (Å²) in [5.41, 5.74) is 0. The number of fused-ring (bicyclic) bond motifs is 5. The van der Waals surface area contributed by atoms with Gasteiger partial charge in [0.25, 0.3) is 0 Å². The summed E-state index contributed by atoms with van der Waals surface area (Å²) in [5.74, 6) is -2.94. The summed E-state index contributed by atoms with van der Waals surface area (Å²) in [5, 5.41) is 11.1. The fourth-order valence-electron chi connectivity index (χ4n) is 3.82. The van der Waals surface area contributed by atoms with Crippen molar-refractivity contribution in [2.75, 3.05) is 0 Å². The lowest BCUT2D eigenvalue weighted by atomic mass is 9.85. The predicted molar refractivity (Wildman–Crippen MR) is 74.3 cm³/mol. The van der Waals surface area contributed by atoms with E-state index >= 15 is 0 Å². The predicted octanol–water partition coefficient (Wildman–Crippen LogP) is -0.229. The first-order valence-electron chi connectivity index (χ1n) is 7.41. The molecule has 0 radical (unpaired) electrons. The molecule has 2 bridgehead atoms. The van der Waals surface area contributed by atoms with Crippen LogP contribution in [-0.4, -0.2) is 45.8 Å². The van der Waals surface area contributed by atoms with Gasteiger partial charge in [-0.15, -0.1) is 0 Å². The quantitative estimate of drug-likeness (QED) is 0.551. The molecule has 7 nitrogen and oxygen atoms in total. The Morgan fingerprint density at radius 3 is 2.14 bits per heavy atom. The molecule has 0 unspecified atom stereocenters. The van der Waals surface area contributed by atoms with Gasteiger partial charge in [-0.25, -0.2) is 0 Å². The Morgan fingerprint density at radius 1 is 1.18 bits per heavy atom. The Balaban J connectivity index is 1.76. The molecule has 2 N–H and O–H groups in total. The monoisotopic (exact) mass is 306 g/mol. The molecule has 1 heterocycles. The van der Waals surface area contributed by atoms with E-state index in [1.807, 2.05) is 12.2 Å². The molecule has 1 aliphatic heterocycles. The Kier molecular flexibility index (Phi) is 3.30. The summed E-state index contributed by atoms with van der Waals surface area (Å²) < 4.78 is 0. The molecule has 1 saturated heterocycles. The number of rotatable bonds is 4. The van der Waals surface area contributed by atoms with Crippen LogP contribution in [0.3, 0.4) is 0 Å². The zero-order chi connectivity index (χ0) is 16.2. The molecule has 3 rings (SSSR count). The molecule has 2 aliphatic carbocycles. The van der Waals surface area contributed by atoms with Gasteiger partial charge in [-0.3, -0.25) is 24.1 Å². The number of nitrogens with zero attached hydrogens (tertiary/aromatic N) is 1. The minimum Gasteiger partial charge on any atom is -0.480 e. The second kappa shape index (κ2) is 4.93. The highest BCUT2D eigenvalue weighted by molar-refractivity contribution is 6.09. The van der Waals surface area contributed by atoms with Gasteiger partial charge in [-0.2, -0.15) is 0 Å². The number of carbonyl (C=O) groups excluding carboxylic acids is 3. The Morgan fingerprint density at radius 2 is 1.68 bits per heavy atom. The van der Waals surface area contributed by atoms with Gasteiger partial charge in [0.2, 0.25) is 17.7 Å². The van der Waals surface area contributed by atoms with E-state index in [2.05, 4.69) is 5.32 Å². The highest BCUT2D eigenvalue weighted by atomic mass is 16.4. The van der Waals surface area contributed by atoms with Gasteiger partial charge in [0.15, 0.2) is 0 Å². The third-order valence-corrected chi connectivity index (χ3v) is 5.00. The summed E-state index contributed by atoms with van der Waals surface area (Å²) in [6, 6.07) is -2.06. The SMILES string of the molecule is C[C@H](NC(=O)[C@H](C)N1C(=O)[C@@H]2[C@@H](C1=O)[C@H]1C=C[C@H]2C1)C(=O)O. The lowest BCUT2D eigenvalue weighted by molar-refractivity contribution is -0.148. The van der Waals surface area contributed by atoms with Gasteiger partial charge >= 0.3 is 5.97 Å². The average molecular weight is 306 g/mol. The molecule has 3 aliphatic rings. The molecule has 6 atom stereocenters. The Hall–Kier alpha value is -2.18. The maximum absolute atomic E-state index is 12.5. The summed E-state index contributed by atoms with van der Waals surface area (Å²) in [4.78, 5) is 49.0. The van der Waals surface area contributed by atoms with Crippen LogP contribution in [0.1, 0.15) is 20.3 Å². The standard InChI is InChI=1S/C15H18N2O5/c1-6(15(21)22)16-12(18)7(2)17-13(19)10-8-3-4-9(5-8)11(10)14(17)20/h3-4,6-11H,5H2,1-2H3,(H,16,18)(H,21,22)/t6-,7-,8-,9-,10-,11-/m0/s1. The molecule has 7 heteroatoms. The summed E-state index contributed by atoms with van der Waals surface area (Å²) >= 11 is 0. The van der Waals surface area contributed by atoms with Crippen molar-refractivity contribution in [2.45, 2.75) is 32.4 Å². The van der Waals surface area contributed by atoms with E-state index in [1.165, 1.54) is 13.8 Å². The molecule has 3 amide bonds. The first-order valence-corrected chi connectivity index (χ1v) is 7.41. The maximum atomic E-state index is 12.5. The number of amides is 3. The number of carboxylic acids is 1. The minimum atomic E-state index is -1.17. The average Bonchev–Trinajstić information content (AvgIpc) is 3.12. The van der Waals surface area contributed by atoms with Crippen molar-refractivity contribution >= 4 is 23.7 Å². The van der Waals surface area contributed by atoms with E-state index in [1.54, 1.807) is 0 Å². The number of aliphatic carboxylic acids is 1. The van der Waals surface area contributed by atoms with Gasteiger partial charge in [0, 0.05) is 0 Å². The fourth-order valence-corrected chi connectivity index (χ4v) is 3.82. The third kappa shape index (κ3) is 1.95. The lowest BCUT2D eigenvalue weighted by Crippen LogP contribution is -2.52. The number of allylic oxidation sites excluding steroid dienone is 2. The van der Waals surface area contributed by atoms with Crippen molar-refractivity contribution in [3.63, 3.8) is 0 Å². The van der Waals surface area contributed by atoms with Gasteiger partial charge in [-0.1, -0.05) is 12.2 Å². The van der Waals surface area contributed by atoms with Crippen molar-refractivity contribution in [1.29, 1.82) is 0 Å². The van der Waals surface area contributed by atoms with Crippen molar-refractivity contribution < 1.29 is 24.3 Å². The van der Waals surface area contributed by atoms with Crippen LogP contribution >= 0.6 is 0 Å². The Bertz CT molecular complexity index is 569. The molecule has 0 spiro atoms. The van der Waals surface area contributed by atoms with Gasteiger partial charge in [0.05, 0.1) is 11.8 Å². The van der Waals surface area contributed by atoms with Gasteiger partial charge in [-0.05, 0) is 32.1 Å². The van der Waals surface area contributed by atoms with E-state index in [0.29, 0.717) is 0 Å². The van der Waals surface area contributed by atoms with Crippen LogP contribution in [0.25, 0.3) is 0 Å². The molecule has 0 aromatic heterocycles. The smallest absolute Gasteiger partial charge is 0.325 e. The number of imide groups is 1. The highest BCUT2D eigenvalue weighted by Gasteiger charge is 2.60. The largest absolute Gasteiger partial charge is 0.480 e. The summed E-state index contributed by atoms with van der Waals surface area (Å²) in [6.07, 6.45) is 4.80. The first-order chi connectivity index (χ1) is 10.3. The molecular formula is C15H18N2O5. The lowest BCUT2D eigenvalue weighted by Gasteiger charge is -2.24. The maximum Gasteiger partial charge on any atom is 0.325 e. The number of likely N-dealkylation sites (tertiary alicyclic amines) is 1. The third-order valence-electron chi connectivity index (χ3n) is 5.00. The second-order valence-corrected chi connectivity index (χ2v) is 6.29. The zero-order valence-corrected chi connectivity index (χ0v) is 12.4. The number of carboxylic acid groups (broad SMARTS) is 1. The van der Waals surface area contributed by atoms with Crippen molar-refractivity contribution in [3.05, 3.63) is 12.2 Å². The van der Waals surface area contributed by atoms with Crippen LogP contribution < -0.4 is 5.32 Å². The van der Waals surface area contributed by atoms with Gasteiger partial charge in [0.1, 0.15) is 12.1 Å². The van der Waals surface area contributed by atoms with E-state index in [0.717, 1.165) is 11.3 Å². The summed E-state index contributed by atoms with van der Waals surface area (Å²) in [6.45, 7) is 2.79. The van der Waals surface area contributed by atoms with Crippen molar-refractivity contribution in [1.82, 2.24) is 10.2 Å². The van der Waals surface area contributed by atoms with Crippen molar-refractivity contribution in [2.24, 2.45) is 23.7 Å². The molecule has 22 heavy (non-hydrogen) atoms. The van der Waals surface area contributed by atoms with Crippen LogP contribution in [0.4, 0.5) is 0 Å². The molecular weight excluding hydrogens is 288 g/mol. The first kappa shape index (κ1) is 14.7. The topological polar surface area (TPSA) is 104 Å². The van der Waals surface area contributed by atoms with Crippen LogP contribution in [0, 0.1) is 23.7 Å². The number of hydrogen-bond donors (Lipinski definition) is 2. The van der Waals surface area contributed by atoms with Crippen molar-refractivity contribution in [3.8, 4) is 0 Å². The van der Waals surface area contributed by atoms with Crippen LogP contribution in [0.15, 0.2) is 12.2 Å².